The number of nitrogens with zero attached hydrogens (tertiary/aromatic N) is 1. The molecule has 19 heavy (non-hydrogen) atoms. The number of hydrogen-bond acceptors (Lipinski definition) is 3. The molecule has 5 nitrogen and oxygen atoms in total. The summed E-state index contributed by atoms with van der Waals surface area (Å²) in [5, 5.41) is 2.62. The third kappa shape index (κ3) is 4.34. The maximum Gasteiger partial charge on any atom is 0.237 e. The minimum Gasteiger partial charge on any atom is -0.348 e. The maximum atomic E-state index is 12.9. The molecule has 1 heterocycles. The lowest BCUT2D eigenvalue weighted by Crippen LogP contribution is -2.38. The summed E-state index contributed by atoms with van der Waals surface area (Å²) in [7, 11) is 0. The van der Waals surface area contributed by atoms with Crippen molar-refractivity contribution in [3.8, 4) is 0 Å². The Morgan fingerprint density at radius 1 is 1.53 bits per heavy atom. The number of H-pyrrole nitrogens is 1. The number of carbonyl (C=O) groups excluding carboxylic acids is 1. The van der Waals surface area contributed by atoms with Gasteiger partial charge in [0.05, 0.1) is 23.6 Å². The van der Waals surface area contributed by atoms with E-state index in [0.717, 1.165) is 0 Å². The average molecular weight is 309 g/mol. The second-order valence-electron chi connectivity index (χ2n) is 3.85. The van der Waals surface area contributed by atoms with Crippen LogP contribution in [-0.4, -0.2) is 21.9 Å². The van der Waals surface area contributed by atoms with Gasteiger partial charge in [0.1, 0.15) is 11.6 Å². The van der Waals surface area contributed by atoms with Crippen LogP contribution >= 0.6 is 24.8 Å². The van der Waals surface area contributed by atoms with Crippen molar-refractivity contribution in [1.82, 2.24) is 15.3 Å². The topological polar surface area (TPSA) is 83.8 Å². The van der Waals surface area contributed by atoms with Crippen LogP contribution in [0.2, 0.25) is 0 Å². The summed E-state index contributed by atoms with van der Waals surface area (Å²) in [6.45, 7) is 1.85. The lowest BCUT2D eigenvalue weighted by atomic mass is 10.3. The van der Waals surface area contributed by atoms with E-state index in [9.17, 15) is 9.18 Å². The molecule has 0 fully saturated rings. The van der Waals surface area contributed by atoms with E-state index in [0.29, 0.717) is 16.9 Å². The molecule has 0 saturated carbocycles. The highest BCUT2D eigenvalue weighted by Gasteiger charge is 2.08. The Morgan fingerprint density at radius 3 is 2.84 bits per heavy atom. The molecule has 1 aromatic carbocycles. The summed E-state index contributed by atoms with van der Waals surface area (Å²) in [6, 6.07) is 3.72. The number of aromatic nitrogens is 2. The van der Waals surface area contributed by atoms with Crippen molar-refractivity contribution in [1.29, 1.82) is 0 Å². The summed E-state index contributed by atoms with van der Waals surface area (Å²) in [6.07, 6.45) is 0. The molecule has 0 unspecified atom stereocenters. The zero-order valence-corrected chi connectivity index (χ0v) is 11.8. The molecule has 0 spiro atoms. The van der Waals surface area contributed by atoms with Crippen LogP contribution in [0.5, 0.6) is 0 Å². The second kappa shape index (κ2) is 7.28. The number of fused-ring (bicyclic) bond motifs is 1. The van der Waals surface area contributed by atoms with E-state index in [4.69, 9.17) is 5.73 Å². The van der Waals surface area contributed by atoms with Gasteiger partial charge in [-0.15, -0.1) is 24.8 Å². The summed E-state index contributed by atoms with van der Waals surface area (Å²) in [5.41, 5.74) is 6.67. The van der Waals surface area contributed by atoms with Crippen molar-refractivity contribution in [2.45, 2.75) is 19.5 Å². The van der Waals surface area contributed by atoms with Gasteiger partial charge in [0.15, 0.2) is 0 Å². The van der Waals surface area contributed by atoms with Crippen molar-refractivity contribution in [2.24, 2.45) is 5.73 Å². The molecule has 0 aliphatic heterocycles. The molecule has 8 heteroatoms. The summed E-state index contributed by atoms with van der Waals surface area (Å²) in [5.74, 6) is -0.0106. The number of halogens is 3. The monoisotopic (exact) mass is 308 g/mol. The first-order valence-electron chi connectivity index (χ1n) is 5.23. The van der Waals surface area contributed by atoms with E-state index in [-0.39, 0.29) is 43.1 Å². The number of imidazole rings is 1. The van der Waals surface area contributed by atoms with Crippen molar-refractivity contribution < 1.29 is 9.18 Å². The zero-order chi connectivity index (χ0) is 12.4. The number of nitrogens with one attached hydrogen (secondary N) is 2. The van der Waals surface area contributed by atoms with E-state index in [1.807, 2.05) is 0 Å². The Kier molecular flexibility index (Phi) is 6.75. The SMILES string of the molecule is C[C@@H](N)C(=O)NCc1nc2ccc(F)cc2[nH]1.Cl.Cl. The number of hydrogen-bond donors (Lipinski definition) is 3. The lowest BCUT2D eigenvalue weighted by Gasteiger charge is -2.05. The van der Waals surface area contributed by atoms with Crippen molar-refractivity contribution >= 4 is 41.8 Å². The van der Waals surface area contributed by atoms with Gasteiger partial charge in [-0.05, 0) is 25.1 Å². The highest BCUT2D eigenvalue weighted by atomic mass is 35.5. The molecule has 1 amide bonds. The molecular formula is C11H15Cl2FN4O. The second-order valence-corrected chi connectivity index (χ2v) is 3.85. The fraction of sp³-hybridized carbons (Fsp3) is 0.273. The Morgan fingerprint density at radius 2 is 2.21 bits per heavy atom. The van der Waals surface area contributed by atoms with Crippen molar-refractivity contribution in [2.75, 3.05) is 0 Å². The predicted octanol–water partition coefficient (Wildman–Crippen LogP) is 1.51. The van der Waals surface area contributed by atoms with Gasteiger partial charge >= 0.3 is 0 Å². The number of carbonyl (C=O) groups is 1. The van der Waals surface area contributed by atoms with Gasteiger partial charge in [-0.1, -0.05) is 0 Å². The molecular weight excluding hydrogens is 294 g/mol. The van der Waals surface area contributed by atoms with E-state index in [1.165, 1.54) is 12.1 Å². The first-order valence-corrected chi connectivity index (χ1v) is 5.23. The van der Waals surface area contributed by atoms with Crippen molar-refractivity contribution in [3.05, 3.63) is 29.8 Å². The maximum absolute atomic E-state index is 12.9. The predicted molar refractivity (Wildman–Crippen MR) is 76.0 cm³/mol. The number of benzene rings is 1. The number of rotatable bonds is 3. The molecule has 1 aromatic heterocycles. The molecule has 4 N–H and O–H groups in total. The number of amides is 1. The zero-order valence-electron chi connectivity index (χ0n) is 10.1. The average Bonchev–Trinajstić information content (AvgIpc) is 2.67. The number of nitrogens with two attached hydrogens (primary N) is 1. The van der Waals surface area contributed by atoms with Gasteiger partial charge in [0.25, 0.3) is 0 Å². The van der Waals surface area contributed by atoms with Gasteiger partial charge in [0.2, 0.25) is 5.91 Å². The standard InChI is InChI=1S/C11H13FN4O.2ClH/c1-6(13)11(17)14-5-10-15-8-3-2-7(12)4-9(8)16-10;;/h2-4,6H,5,13H2,1H3,(H,14,17)(H,15,16);2*1H/t6-;;/m1../s1. The molecule has 2 aromatic rings. The minimum atomic E-state index is -0.558. The van der Waals surface area contributed by atoms with Crippen LogP contribution in [-0.2, 0) is 11.3 Å². The largest absolute Gasteiger partial charge is 0.348 e. The van der Waals surface area contributed by atoms with E-state index < -0.39 is 6.04 Å². The minimum absolute atomic E-state index is 0. The van der Waals surface area contributed by atoms with Crippen LogP contribution in [0.4, 0.5) is 4.39 Å². The van der Waals surface area contributed by atoms with Crippen LogP contribution in [0.15, 0.2) is 18.2 Å². The quantitative estimate of drug-likeness (QED) is 0.803. The van der Waals surface area contributed by atoms with E-state index in [2.05, 4.69) is 15.3 Å². The fourth-order valence-corrected chi connectivity index (χ4v) is 1.45. The van der Waals surface area contributed by atoms with Gasteiger partial charge in [-0.3, -0.25) is 4.79 Å². The molecule has 2 rings (SSSR count). The highest BCUT2D eigenvalue weighted by Crippen LogP contribution is 2.12. The molecule has 0 saturated heterocycles. The van der Waals surface area contributed by atoms with E-state index >= 15 is 0 Å². The van der Waals surface area contributed by atoms with E-state index in [1.54, 1.807) is 13.0 Å². The first-order chi connectivity index (χ1) is 8.06. The fourth-order valence-electron chi connectivity index (χ4n) is 1.45. The van der Waals surface area contributed by atoms with Crippen LogP contribution < -0.4 is 11.1 Å². The molecule has 0 aliphatic carbocycles. The summed E-state index contributed by atoms with van der Waals surface area (Å²) >= 11 is 0. The van der Waals surface area contributed by atoms with Crippen LogP contribution in [0.1, 0.15) is 12.7 Å². The Balaban J connectivity index is 0.00000162. The lowest BCUT2D eigenvalue weighted by molar-refractivity contribution is -0.122. The Bertz CT molecular complexity index is 559. The van der Waals surface area contributed by atoms with Crippen molar-refractivity contribution in [3.63, 3.8) is 0 Å². The van der Waals surface area contributed by atoms with Crippen LogP contribution in [0.25, 0.3) is 11.0 Å². The Hall–Kier alpha value is -1.37. The molecule has 1 atom stereocenters. The number of aromatic amines is 1. The van der Waals surface area contributed by atoms with Gasteiger partial charge in [0, 0.05) is 0 Å². The van der Waals surface area contributed by atoms with Crippen LogP contribution in [0, 0.1) is 5.82 Å². The summed E-state index contributed by atoms with van der Waals surface area (Å²) < 4.78 is 12.9. The van der Waals surface area contributed by atoms with Gasteiger partial charge < -0.3 is 16.0 Å². The van der Waals surface area contributed by atoms with Gasteiger partial charge in [-0.2, -0.15) is 0 Å². The smallest absolute Gasteiger partial charge is 0.237 e. The third-order valence-electron chi connectivity index (χ3n) is 2.34. The molecule has 0 aliphatic rings. The molecule has 0 radical (unpaired) electrons. The summed E-state index contributed by atoms with van der Waals surface area (Å²) in [4.78, 5) is 18.4. The first kappa shape index (κ1) is 17.6. The molecule has 0 bridgehead atoms. The van der Waals surface area contributed by atoms with Gasteiger partial charge in [-0.25, -0.2) is 9.37 Å². The normalized spacial score (nSPS) is 11.3. The molecule has 106 valence electrons. The Labute approximate surface area is 122 Å². The highest BCUT2D eigenvalue weighted by molar-refractivity contribution is 5.85. The van der Waals surface area contributed by atoms with Crippen LogP contribution in [0.3, 0.4) is 0 Å². The third-order valence-corrected chi connectivity index (χ3v) is 2.34.